The van der Waals surface area contributed by atoms with Crippen LogP contribution in [0.2, 0.25) is 0 Å². The van der Waals surface area contributed by atoms with Crippen LogP contribution in [-0.4, -0.2) is 35.4 Å². The first-order chi connectivity index (χ1) is 12.4. The molecule has 0 fully saturated rings. The third kappa shape index (κ3) is 4.92. The summed E-state index contributed by atoms with van der Waals surface area (Å²) in [7, 11) is 0. The lowest BCUT2D eigenvalue weighted by atomic mass is 10.0. The van der Waals surface area contributed by atoms with Crippen LogP contribution in [0.25, 0.3) is 0 Å². The second-order valence-corrected chi connectivity index (χ2v) is 5.46. The number of Topliss-reactive ketones (excluding diaryl/α,β-unsaturated/α-hetero) is 1. The molecule has 2 aromatic rings. The number of carboxylic acids is 1. The number of carbonyl (C=O) groups excluding carboxylic acids is 2. The summed E-state index contributed by atoms with van der Waals surface area (Å²) >= 11 is 0. The summed E-state index contributed by atoms with van der Waals surface area (Å²) in [6, 6.07) is 13.3. The van der Waals surface area contributed by atoms with E-state index in [1.165, 1.54) is 48.5 Å². The molecular weight excluding hydrogens is 336 g/mol. The van der Waals surface area contributed by atoms with Crippen molar-refractivity contribution in [2.45, 2.75) is 13.0 Å². The molecule has 0 saturated carbocycles. The van der Waals surface area contributed by atoms with Gasteiger partial charge in [0, 0.05) is 11.1 Å². The Kier molecular flexibility index (Phi) is 6.06. The smallest absolute Gasteiger partial charge is 0.341 e. The highest BCUT2D eigenvalue weighted by molar-refractivity contribution is 6.04. The van der Waals surface area contributed by atoms with Gasteiger partial charge in [0.25, 0.3) is 5.91 Å². The van der Waals surface area contributed by atoms with Crippen LogP contribution in [0.4, 0.5) is 0 Å². The lowest BCUT2D eigenvalue weighted by Gasteiger charge is -2.13. The van der Waals surface area contributed by atoms with E-state index in [0.29, 0.717) is 22.4 Å². The molecule has 1 unspecified atom stereocenters. The quantitative estimate of drug-likeness (QED) is 0.736. The van der Waals surface area contributed by atoms with E-state index in [1.54, 1.807) is 6.92 Å². The fourth-order valence-electron chi connectivity index (χ4n) is 2.15. The topological polar surface area (TPSA) is 116 Å². The molecule has 1 atom stereocenters. The zero-order valence-corrected chi connectivity index (χ0v) is 13.9. The Bertz CT molecular complexity index is 851. The van der Waals surface area contributed by atoms with Crippen molar-refractivity contribution in [1.29, 1.82) is 5.26 Å². The average molecular weight is 352 g/mol. The van der Waals surface area contributed by atoms with Crippen LogP contribution in [0.1, 0.15) is 33.2 Å². The molecule has 0 aliphatic carbocycles. The van der Waals surface area contributed by atoms with Gasteiger partial charge in [-0.05, 0) is 43.3 Å². The Labute approximate surface area is 149 Å². The summed E-state index contributed by atoms with van der Waals surface area (Å²) < 4.78 is 4.99. The molecule has 7 nitrogen and oxygen atoms in total. The van der Waals surface area contributed by atoms with Crippen LogP contribution in [0.5, 0.6) is 5.75 Å². The molecule has 0 saturated heterocycles. The Hall–Kier alpha value is -3.66. The highest BCUT2D eigenvalue weighted by atomic mass is 16.5. The van der Waals surface area contributed by atoms with Crippen LogP contribution in [-0.2, 0) is 4.79 Å². The molecule has 7 heteroatoms. The number of carbonyl (C=O) groups is 3. The molecule has 0 heterocycles. The summed E-state index contributed by atoms with van der Waals surface area (Å²) in [6.45, 7) is 1.10. The SMILES string of the molecule is CC(NC(=O)c1ccc(OCC(=O)O)cc1)C(=O)c1ccc(C#N)cc1. The minimum absolute atomic E-state index is 0.274. The molecule has 2 N–H and O–H groups in total. The molecule has 0 aromatic heterocycles. The highest BCUT2D eigenvalue weighted by Gasteiger charge is 2.18. The number of ketones is 1. The first-order valence-electron chi connectivity index (χ1n) is 7.70. The van der Waals surface area contributed by atoms with E-state index in [0.717, 1.165) is 0 Å². The molecule has 0 aliphatic rings. The first kappa shape index (κ1) is 18.7. The number of carboxylic acid groups (broad SMARTS) is 1. The Morgan fingerprint density at radius 2 is 1.65 bits per heavy atom. The van der Waals surface area contributed by atoms with Crippen molar-refractivity contribution in [3.63, 3.8) is 0 Å². The molecule has 1 amide bonds. The Morgan fingerprint density at radius 1 is 1.08 bits per heavy atom. The van der Waals surface area contributed by atoms with E-state index in [4.69, 9.17) is 15.1 Å². The maximum atomic E-state index is 12.3. The maximum Gasteiger partial charge on any atom is 0.341 e. The van der Waals surface area contributed by atoms with Gasteiger partial charge in [-0.2, -0.15) is 5.26 Å². The van der Waals surface area contributed by atoms with Gasteiger partial charge in [0.05, 0.1) is 17.7 Å². The predicted octanol–water partition coefficient (Wildman–Crippen LogP) is 2.02. The van der Waals surface area contributed by atoms with E-state index < -0.39 is 24.5 Å². The third-order valence-corrected chi connectivity index (χ3v) is 3.52. The van der Waals surface area contributed by atoms with E-state index in [2.05, 4.69) is 5.32 Å². The van der Waals surface area contributed by atoms with Crippen LogP contribution < -0.4 is 10.1 Å². The maximum absolute atomic E-state index is 12.3. The number of hydrogen-bond donors (Lipinski definition) is 2. The minimum Gasteiger partial charge on any atom is -0.482 e. The largest absolute Gasteiger partial charge is 0.482 e. The van der Waals surface area contributed by atoms with Crippen LogP contribution in [0.15, 0.2) is 48.5 Å². The third-order valence-electron chi connectivity index (χ3n) is 3.52. The minimum atomic E-state index is -1.10. The number of aliphatic carboxylic acids is 1. The molecule has 2 rings (SSSR count). The summed E-state index contributed by atoms with van der Waals surface area (Å²) in [5, 5.41) is 19.9. The molecule has 0 radical (unpaired) electrons. The lowest BCUT2D eigenvalue weighted by Crippen LogP contribution is -2.38. The van der Waals surface area contributed by atoms with Crippen molar-refractivity contribution in [1.82, 2.24) is 5.32 Å². The number of nitrogens with zero attached hydrogens (tertiary/aromatic N) is 1. The molecule has 0 aliphatic heterocycles. The number of hydrogen-bond acceptors (Lipinski definition) is 5. The van der Waals surface area contributed by atoms with Crippen molar-refractivity contribution >= 4 is 17.7 Å². The van der Waals surface area contributed by atoms with Crippen LogP contribution in [0, 0.1) is 11.3 Å². The van der Waals surface area contributed by atoms with Gasteiger partial charge in [-0.15, -0.1) is 0 Å². The van der Waals surface area contributed by atoms with Gasteiger partial charge in [-0.25, -0.2) is 4.79 Å². The van der Waals surface area contributed by atoms with Crippen molar-refractivity contribution in [2.24, 2.45) is 0 Å². The van der Waals surface area contributed by atoms with Crippen molar-refractivity contribution < 1.29 is 24.2 Å². The van der Waals surface area contributed by atoms with Gasteiger partial charge in [-0.1, -0.05) is 12.1 Å². The van der Waals surface area contributed by atoms with E-state index in [-0.39, 0.29) is 5.78 Å². The molecule has 0 spiro atoms. The summed E-state index contributed by atoms with van der Waals surface area (Å²) in [4.78, 5) is 35.0. The number of nitriles is 1. The van der Waals surface area contributed by atoms with Crippen LogP contribution >= 0.6 is 0 Å². The fourth-order valence-corrected chi connectivity index (χ4v) is 2.15. The Balaban J connectivity index is 1.98. The highest BCUT2D eigenvalue weighted by Crippen LogP contribution is 2.13. The second-order valence-electron chi connectivity index (χ2n) is 5.46. The number of nitrogens with one attached hydrogen (secondary N) is 1. The van der Waals surface area contributed by atoms with Gasteiger partial charge in [0.15, 0.2) is 12.4 Å². The van der Waals surface area contributed by atoms with E-state index in [1.807, 2.05) is 6.07 Å². The summed E-state index contributed by atoms with van der Waals surface area (Å²) in [5.74, 6) is -1.49. The predicted molar refractivity (Wildman–Crippen MR) is 92.0 cm³/mol. The average Bonchev–Trinajstić information content (AvgIpc) is 2.66. The Morgan fingerprint density at radius 3 is 2.19 bits per heavy atom. The molecule has 26 heavy (non-hydrogen) atoms. The zero-order chi connectivity index (χ0) is 19.1. The number of rotatable bonds is 7. The molecule has 0 bridgehead atoms. The van der Waals surface area contributed by atoms with Gasteiger partial charge in [0.1, 0.15) is 5.75 Å². The summed E-state index contributed by atoms with van der Waals surface area (Å²) in [5.41, 5.74) is 1.16. The zero-order valence-electron chi connectivity index (χ0n) is 13.9. The van der Waals surface area contributed by atoms with Gasteiger partial charge < -0.3 is 15.2 Å². The van der Waals surface area contributed by atoms with Crippen molar-refractivity contribution in [3.8, 4) is 11.8 Å². The van der Waals surface area contributed by atoms with E-state index >= 15 is 0 Å². The molecule has 132 valence electrons. The van der Waals surface area contributed by atoms with E-state index in [9.17, 15) is 14.4 Å². The van der Waals surface area contributed by atoms with Gasteiger partial charge >= 0.3 is 5.97 Å². The fraction of sp³-hybridized carbons (Fsp3) is 0.158. The second kappa shape index (κ2) is 8.44. The van der Waals surface area contributed by atoms with Gasteiger partial charge in [0.2, 0.25) is 0 Å². The molecular formula is C19H16N2O5. The monoisotopic (exact) mass is 352 g/mol. The normalized spacial score (nSPS) is 11.1. The van der Waals surface area contributed by atoms with Crippen molar-refractivity contribution in [2.75, 3.05) is 6.61 Å². The summed E-state index contributed by atoms with van der Waals surface area (Å²) in [6.07, 6.45) is 0. The molecule has 2 aromatic carbocycles. The van der Waals surface area contributed by atoms with Crippen molar-refractivity contribution in [3.05, 3.63) is 65.2 Å². The van der Waals surface area contributed by atoms with Gasteiger partial charge in [-0.3, -0.25) is 9.59 Å². The first-order valence-corrected chi connectivity index (χ1v) is 7.70. The standard InChI is InChI=1S/C19H16N2O5/c1-12(18(24)14-4-2-13(10-20)3-5-14)21-19(25)15-6-8-16(9-7-15)26-11-17(22)23/h2-9,12H,11H2,1H3,(H,21,25)(H,22,23). The number of amides is 1. The van der Waals surface area contributed by atoms with Crippen LogP contribution in [0.3, 0.4) is 0 Å². The number of benzene rings is 2. The lowest BCUT2D eigenvalue weighted by molar-refractivity contribution is -0.139. The number of ether oxygens (including phenoxy) is 1.